The van der Waals surface area contributed by atoms with Gasteiger partial charge >= 0.3 is 5.97 Å². The summed E-state index contributed by atoms with van der Waals surface area (Å²) in [5.41, 5.74) is 2.15. The standard InChI is InChI=1S/C19H18BrNO5S/c1-27(24,25)21-9-3-5-13-10-14(7-8-17(13)21)18(22)12-26-19(23)15-4-2-6-16(20)11-15/h2,4,6-8,10-11H,3,5,9,12H2,1H3. The molecule has 1 aliphatic heterocycles. The number of ether oxygens (including phenoxy) is 1. The van der Waals surface area contributed by atoms with Gasteiger partial charge in [-0.15, -0.1) is 0 Å². The van der Waals surface area contributed by atoms with Gasteiger partial charge in [-0.25, -0.2) is 13.2 Å². The Bertz CT molecular complexity index is 1000. The molecule has 0 amide bonds. The minimum Gasteiger partial charge on any atom is -0.454 e. The summed E-state index contributed by atoms with van der Waals surface area (Å²) in [4.78, 5) is 24.4. The van der Waals surface area contributed by atoms with Gasteiger partial charge < -0.3 is 4.74 Å². The number of Topliss-reactive ketones (excluding diaryl/α,β-unsaturated/α-hetero) is 1. The summed E-state index contributed by atoms with van der Waals surface area (Å²) in [6.45, 7) is 0.0588. The average Bonchev–Trinajstić information content (AvgIpc) is 2.64. The van der Waals surface area contributed by atoms with Crippen LogP contribution in [0.5, 0.6) is 0 Å². The van der Waals surface area contributed by atoms with Crippen LogP contribution in [-0.4, -0.2) is 39.6 Å². The molecule has 0 fully saturated rings. The number of sulfonamides is 1. The van der Waals surface area contributed by atoms with Crippen molar-refractivity contribution in [2.24, 2.45) is 0 Å². The van der Waals surface area contributed by atoms with E-state index in [1.54, 1.807) is 42.5 Å². The third-order valence-electron chi connectivity index (χ3n) is 4.27. The Kier molecular flexibility index (Phi) is 5.67. The molecule has 6 nitrogen and oxygen atoms in total. The number of fused-ring (bicyclic) bond motifs is 1. The molecule has 1 aliphatic rings. The fraction of sp³-hybridized carbons (Fsp3) is 0.263. The van der Waals surface area contributed by atoms with Crippen molar-refractivity contribution in [3.8, 4) is 0 Å². The van der Waals surface area contributed by atoms with Gasteiger partial charge in [0.05, 0.1) is 17.5 Å². The Morgan fingerprint density at radius 3 is 2.63 bits per heavy atom. The molecule has 0 saturated carbocycles. The number of rotatable bonds is 5. The lowest BCUT2D eigenvalue weighted by molar-refractivity contribution is 0.0474. The van der Waals surface area contributed by atoms with E-state index in [4.69, 9.17) is 4.74 Å². The van der Waals surface area contributed by atoms with Gasteiger partial charge in [0.2, 0.25) is 10.0 Å². The van der Waals surface area contributed by atoms with Gasteiger partial charge in [-0.1, -0.05) is 22.0 Å². The number of ketones is 1. The SMILES string of the molecule is CS(=O)(=O)N1CCCc2cc(C(=O)COC(=O)c3cccc(Br)c3)ccc21. The Morgan fingerprint density at radius 2 is 1.93 bits per heavy atom. The molecule has 0 atom stereocenters. The number of carbonyl (C=O) groups is 2. The lowest BCUT2D eigenvalue weighted by Gasteiger charge is -2.29. The summed E-state index contributed by atoms with van der Waals surface area (Å²) in [5.74, 6) is -0.913. The summed E-state index contributed by atoms with van der Waals surface area (Å²) in [5, 5.41) is 0. The summed E-state index contributed by atoms with van der Waals surface area (Å²) in [6, 6.07) is 11.6. The predicted molar refractivity (Wildman–Crippen MR) is 106 cm³/mol. The second kappa shape index (κ2) is 7.82. The first-order valence-electron chi connectivity index (χ1n) is 8.32. The largest absolute Gasteiger partial charge is 0.454 e. The number of carbonyl (C=O) groups excluding carboxylic acids is 2. The molecule has 27 heavy (non-hydrogen) atoms. The third kappa shape index (κ3) is 4.56. The van der Waals surface area contributed by atoms with Gasteiger partial charge in [0, 0.05) is 16.6 Å². The summed E-state index contributed by atoms with van der Waals surface area (Å²) < 4.78 is 31.0. The van der Waals surface area contributed by atoms with E-state index in [2.05, 4.69) is 15.9 Å². The van der Waals surface area contributed by atoms with Crippen molar-refractivity contribution in [1.82, 2.24) is 0 Å². The highest BCUT2D eigenvalue weighted by Crippen LogP contribution is 2.30. The van der Waals surface area contributed by atoms with E-state index in [0.717, 1.165) is 10.0 Å². The number of anilines is 1. The number of nitrogens with zero attached hydrogens (tertiary/aromatic N) is 1. The van der Waals surface area contributed by atoms with Gasteiger partial charge in [-0.3, -0.25) is 9.10 Å². The fourth-order valence-corrected chi connectivity index (χ4v) is 4.39. The van der Waals surface area contributed by atoms with E-state index < -0.39 is 16.0 Å². The Labute approximate surface area is 166 Å². The molecule has 142 valence electrons. The number of aryl methyl sites for hydroxylation is 1. The molecule has 8 heteroatoms. The highest BCUT2D eigenvalue weighted by Gasteiger charge is 2.24. The Hall–Kier alpha value is -2.19. The molecule has 3 rings (SSSR count). The molecule has 0 bridgehead atoms. The van der Waals surface area contributed by atoms with Crippen molar-refractivity contribution in [3.63, 3.8) is 0 Å². The maximum atomic E-state index is 12.4. The molecule has 2 aromatic rings. The zero-order valence-electron chi connectivity index (χ0n) is 14.6. The first-order valence-corrected chi connectivity index (χ1v) is 11.0. The molecule has 0 saturated heterocycles. The highest BCUT2D eigenvalue weighted by atomic mass is 79.9. The molecule has 0 aromatic heterocycles. The lowest BCUT2D eigenvalue weighted by Crippen LogP contribution is -2.34. The van der Waals surface area contributed by atoms with Gasteiger partial charge in [0.1, 0.15) is 0 Å². The summed E-state index contributed by atoms with van der Waals surface area (Å²) in [6.07, 6.45) is 2.55. The highest BCUT2D eigenvalue weighted by molar-refractivity contribution is 9.10. The van der Waals surface area contributed by atoms with Crippen molar-refractivity contribution in [2.75, 3.05) is 23.7 Å². The van der Waals surface area contributed by atoms with E-state index >= 15 is 0 Å². The maximum absolute atomic E-state index is 12.4. The molecule has 1 heterocycles. The van der Waals surface area contributed by atoms with Crippen LogP contribution in [0.15, 0.2) is 46.9 Å². The average molecular weight is 452 g/mol. The number of hydrogen-bond acceptors (Lipinski definition) is 5. The Morgan fingerprint density at radius 1 is 1.15 bits per heavy atom. The minimum atomic E-state index is -3.35. The van der Waals surface area contributed by atoms with Crippen LogP contribution in [0.4, 0.5) is 5.69 Å². The van der Waals surface area contributed by atoms with Gasteiger partial charge in [0.15, 0.2) is 12.4 Å². The molecule has 0 spiro atoms. The number of benzene rings is 2. The second-order valence-corrected chi connectivity index (χ2v) is 9.11. The van der Waals surface area contributed by atoms with Crippen LogP contribution in [0.3, 0.4) is 0 Å². The molecular formula is C19H18BrNO5S. The zero-order chi connectivity index (χ0) is 19.6. The second-order valence-electron chi connectivity index (χ2n) is 6.29. The van der Waals surface area contributed by atoms with Crippen molar-refractivity contribution < 1.29 is 22.7 Å². The monoisotopic (exact) mass is 451 g/mol. The van der Waals surface area contributed by atoms with E-state index in [0.29, 0.717) is 36.2 Å². The molecule has 0 radical (unpaired) electrons. The maximum Gasteiger partial charge on any atom is 0.338 e. The van der Waals surface area contributed by atoms with Gasteiger partial charge in [-0.05, 0) is 54.8 Å². The van der Waals surface area contributed by atoms with E-state index in [1.165, 1.54) is 10.6 Å². The van der Waals surface area contributed by atoms with Crippen LogP contribution >= 0.6 is 15.9 Å². The summed E-state index contributed by atoms with van der Waals surface area (Å²) >= 11 is 3.28. The Balaban J connectivity index is 1.72. The molecule has 2 aromatic carbocycles. The predicted octanol–water partition coefficient (Wildman–Crippen LogP) is 3.20. The van der Waals surface area contributed by atoms with Gasteiger partial charge in [0.25, 0.3) is 0 Å². The van der Waals surface area contributed by atoms with Crippen LogP contribution < -0.4 is 4.31 Å². The normalized spacial score (nSPS) is 13.8. The number of esters is 1. The van der Waals surface area contributed by atoms with E-state index in [1.807, 2.05) is 0 Å². The van der Waals surface area contributed by atoms with Crippen molar-refractivity contribution in [2.45, 2.75) is 12.8 Å². The topological polar surface area (TPSA) is 80.8 Å². The molecule has 0 N–H and O–H groups in total. The number of hydrogen-bond donors (Lipinski definition) is 0. The van der Waals surface area contributed by atoms with Crippen LogP contribution in [0.2, 0.25) is 0 Å². The van der Waals surface area contributed by atoms with Crippen molar-refractivity contribution in [3.05, 3.63) is 63.6 Å². The lowest BCUT2D eigenvalue weighted by atomic mass is 9.99. The summed E-state index contributed by atoms with van der Waals surface area (Å²) in [7, 11) is -3.35. The van der Waals surface area contributed by atoms with Gasteiger partial charge in [-0.2, -0.15) is 0 Å². The van der Waals surface area contributed by atoms with Crippen molar-refractivity contribution >= 4 is 43.4 Å². The smallest absolute Gasteiger partial charge is 0.338 e. The van der Waals surface area contributed by atoms with Crippen molar-refractivity contribution in [1.29, 1.82) is 0 Å². The van der Waals surface area contributed by atoms with E-state index in [9.17, 15) is 18.0 Å². The quantitative estimate of drug-likeness (QED) is 0.514. The first-order chi connectivity index (χ1) is 12.8. The molecule has 0 aliphatic carbocycles. The molecule has 0 unspecified atom stereocenters. The number of halogens is 1. The van der Waals surface area contributed by atoms with Crippen LogP contribution in [0.25, 0.3) is 0 Å². The third-order valence-corrected chi connectivity index (χ3v) is 5.95. The first kappa shape index (κ1) is 19.6. The zero-order valence-corrected chi connectivity index (χ0v) is 17.0. The minimum absolute atomic E-state index is 0.336. The van der Waals surface area contributed by atoms with Crippen LogP contribution in [0, 0.1) is 0 Å². The fourth-order valence-electron chi connectivity index (χ4n) is 2.99. The van der Waals surface area contributed by atoms with E-state index in [-0.39, 0.29) is 12.4 Å². The molecular weight excluding hydrogens is 434 g/mol. The van der Waals surface area contributed by atoms with Crippen LogP contribution in [-0.2, 0) is 21.2 Å². The van der Waals surface area contributed by atoms with Crippen LogP contribution in [0.1, 0.15) is 32.7 Å².